The van der Waals surface area contributed by atoms with Crippen molar-refractivity contribution in [1.82, 2.24) is 0 Å². The summed E-state index contributed by atoms with van der Waals surface area (Å²) in [6.45, 7) is 1.45. The molecular formula is C14H17NO2. The van der Waals surface area contributed by atoms with Crippen LogP contribution in [0.2, 0.25) is 0 Å². The van der Waals surface area contributed by atoms with Gasteiger partial charge in [0.15, 0.2) is 5.79 Å². The first-order valence-corrected chi connectivity index (χ1v) is 6.10. The molecule has 0 unspecified atom stereocenters. The van der Waals surface area contributed by atoms with Crippen molar-refractivity contribution in [3.63, 3.8) is 0 Å². The fourth-order valence-corrected chi connectivity index (χ4v) is 2.53. The first kappa shape index (κ1) is 10.8. The highest BCUT2D eigenvalue weighted by molar-refractivity contribution is 5.67. The molecule has 0 bridgehead atoms. The van der Waals surface area contributed by atoms with Crippen LogP contribution in [0.4, 0.5) is 5.69 Å². The van der Waals surface area contributed by atoms with Crippen molar-refractivity contribution in [2.75, 3.05) is 18.9 Å². The van der Waals surface area contributed by atoms with E-state index in [1.54, 1.807) is 0 Å². The SMILES string of the molecule is Nc1ccc(C2=CCC3(CC2)OCCO3)cc1. The lowest BCUT2D eigenvalue weighted by atomic mass is 9.90. The third-order valence-electron chi connectivity index (χ3n) is 3.53. The van der Waals surface area contributed by atoms with Gasteiger partial charge in [-0.15, -0.1) is 0 Å². The fourth-order valence-electron chi connectivity index (χ4n) is 2.53. The van der Waals surface area contributed by atoms with Gasteiger partial charge < -0.3 is 15.2 Å². The molecule has 2 aliphatic rings. The van der Waals surface area contributed by atoms with E-state index in [2.05, 4.69) is 18.2 Å². The maximum Gasteiger partial charge on any atom is 0.172 e. The van der Waals surface area contributed by atoms with E-state index in [-0.39, 0.29) is 5.79 Å². The van der Waals surface area contributed by atoms with Gasteiger partial charge in [-0.3, -0.25) is 0 Å². The van der Waals surface area contributed by atoms with Gasteiger partial charge in [0.1, 0.15) is 0 Å². The molecule has 3 rings (SSSR count). The zero-order chi connectivity index (χ0) is 11.7. The van der Waals surface area contributed by atoms with Crippen molar-refractivity contribution in [2.24, 2.45) is 0 Å². The van der Waals surface area contributed by atoms with Crippen molar-refractivity contribution >= 4 is 11.3 Å². The molecule has 0 atom stereocenters. The molecule has 0 aromatic heterocycles. The smallest absolute Gasteiger partial charge is 0.172 e. The van der Waals surface area contributed by atoms with Crippen LogP contribution in [0.5, 0.6) is 0 Å². The van der Waals surface area contributed by atoms with Crippen LogP contribution in [0.1, 0.15) is 24.8 Å². The lowest BCUT2D eigenvalue weighted by molar-refractivity contribution is -0.159. The second-order valence-electron chi connectivity index (χ2n) is 4.66. The lowest BCUT2D eigenvalue weighted by Gasteiger charge is -2.30. The Bertz CT molecular complexity index is 430. The standard InChI is InChI=1S/C14H17NO2/c15-13-3-1-11(2-4-13)12-5-7-14(8-6-12)16-9-10-17-14/h1-5H,6-10,15H2. The first-order valence-electron chi connectivity index (χ1n) is 6.10. The van der Waals surface area contributed by atoms with Crippen molar-refractivity contribution in [3.05, 3.63) is 35.9 Å². The first-order chi connectivity index (χ1) is 8.27. The second-order valence-corrected chi connectivity index (χ2v) is 4.66. The Morgan fingerprint density at radius 3 is 2.35 bits per heavy atom. The molecule has 0 amide bonds. The molecule has 1 heterocycles. The summed E-state index contributed by atoms with van der Waals surface area (Å²) >= 11 is 0. The molecule has 1 spiro atoms. The fraction of sp³-hybridized carbons (Fsp3) is 0.429. The Morgan fingerprint density at radius 2 is 1.76 bits per heavy atom. The van der Waals surface area contributed by atoms with E-state index < -0.39 is 0 Å². The molecule has 1 aromatic rings. The number of nitrogen functional groups attached to an aromatic ring is 1. The maximum absolute atomic E-state index is 5.70. The molecule has 0 saturated carbocycles. The number of benzene rings is 1. The molecule has 2 N–H and O–H groups in total. The molecule has 1 fully saturated rings. The van der Waals surface area contributed by atoms with Gasteiger partial charge in [-0.25, -0.2) is 0 Å². The molecule has 1 aliphatic carbocycles. The van der Waals surface area contributed by atoms with Crippen LogP contribution < -0.4 is 5.73 Å². The van der Waals surface area contributed by atoms with Gasteiger partial charge in [0, 0.05) is 18.5 Å². The Hall–Kier alpha value is -1.32. The van der Waals surface area contributed by atoms with Gasteiger partial charge in [0.2, 0.25) is 0 Å². The quantitative estimate of drug-likeness (QED) is 0.755. The number of ether oxygens (including phenoxy) is 2. The van der Waals surface area contributed by atoms with Crippen LogP contribution in [0.25, 0.3) is 5.57 Å². The molecule has 1 aliphatic heterocycles. The van der Waals surface area contributed by atoms with Crippen LogP contribution in [-0.2, 0) is 9.47 Å². The lowest BCUT2D eigenvalue weighted by Crippen LogP contribution is -2.31. The third kappa shape index (κ3) is 2.08. The van der Waals surface area contributed by atoms with Crippen molar-refractivity contribution < 1.29 is 9.47 Å². The van der Waals surface area contributed by atoms with E-state index in [0.29, 0.717) is 0 Å². The zero-order valence-corrected chi connectivity index (χ0v) is 9.82. The number of hydrogen-bond acceptors (Lipinski definition) is 3. The van der Waals surface area contributed by atoms with Crippen LogP contribution in [0.3, 0.4) is 0 Å². The molecule has 17 heavy (non-hydrogen) atoms. The molecule has 3 heteroatoms. The molecule has 90 valence electrons. The minimum atomic E-state index is -0.322. The van der Waals surface area contributed by atoms with Crippen LogP contribution in [0, 0.1) is 0 Å². The second kappa shape index (κ2) is 4.17. The summed E-state index contributed by atoms with van der Waals surface area (Å²) < 4.78 is 11.4. The number of rotatable bonds is 1. The highest BCUT2D eigenvalue weighted by Gasteiger charge is 2.37. The van der Waals surface area contributed by atoms with Gasteiger partial charge in [0.05, 0.1) is 13.2 Å². The van der Waals surface area contributed by atoms with Crippen LogP contribution in [-0.4, -0.2) is 19.0 Å². The Kier molecular flexibility index (Phi) is 2.65. The normalized spacial score (nSPS) is 22.7. The average molecular weight is 231 g/mol. The summed E-state index contributed by atoms with van der Waals surface area (Å²) in [5.74, 6) is -0.322. The molecular weight excluding hydrogens is 214 g/mol. The van der Waals surface area contributed by atoms with Crippen molar-refractivity contribution in [2.45, 2.75) is 25.0 Å². The van der Waals surface area contributed by atoms with Crippen LogP contribution >= 0.6 is 0 Å². The Balaban J connectivity index is 1.78. The number of hydrogen-bond donors (Lipinski definition) is 1. The number of nitrogens with two attached hydrogens (primary N) is 1. The van der Waals surface area contributed by atoms with E-state index in [9.17, 15) is 0 Å². The van der Waals surface area contributed by atoms with Gasteiger partial charge in [-0.1, -0.05) is 18.2 Å². The van der Waals surface area contributed by atoms with E-state index in [4.69, 9.17) is 15.2 Å². The highest BCUT2D eigenvalue weighted by atomic mass is 16.7. The molecule has 3 nitrogen and oxygen atoms in total. The minimum absolute atomic E-state index is 0.322. The van der Waals surface area contributed by atoms with Crippen molar-refractivity contribution in [3.8, 4) is 0 Å². The van der Waals surface area contributed by atoms with Crippen LogP contribution in [0.15, 0.2) is 30.3 Å². The molecule has 0 radical (unpaired) electrons. The summed E-state index contributed by atoms with van der Waals surface area (Å²) in [7, 11) is 0. The molecule has 1 aromatic carbocycles. The molecule has 1 saturated heterocycles. The number of anilines is 1. The van der Waals surface area contributed by atoms with Crippen molar-refractivity contribution in [1.29, 1.82) is 0 Å². The summed E-state index contributed by atoms with van der Waals surface area (Å²) in [5, 5.41) is 0. The van der Waals surface area contributed by atoms with Gasteiger partial charge in [0.25, 0.3) is 0 Å². The number of allylic oxidation sites excluding steroid dienone is 1. The summed E-state index contributed by atoms with van der Waals surface area (Å²) in [5.41, 5.74) is 9.13. The third-order valence-corrected chi connectivity index (χ3v) is 3.53. The van der Waals surface area contributed by atoms with E-state index in [0.717, 1.165) is 38.2 Å². The average Bonchev–Trinajstić information content (AvgIpc) is 2.80. The monoisotopic (exact) mass is 231 g/mol. The predicted octanol–water partition coefficient (Wildman–Crippen LogP) is 2.58. The Labute approximate surface area is 101 Å². The topological polar surface area (TPSA) is 44.5 Å². The van der Waals surface area contributed by atoms with E-state index in [1.165, 1.54) is 11.1 Å². The van der Waals surface area contributed by atoms with Gasteiger partial charge >= 0.3 is 0 Å². The van der Waals surface area contributed by atoms with Gasteiger partial charge in [-0.05, 0) is 29.7 Å². The summed E-state index contributed by atoms with van der Waals surface area (Å²) in [6, 6.07) is 8.05. The highest BCUT2D eigenvalue weighted by Crippen LogP contribution is 2.38. The van der Waals surface area contributed by atoms with E-state index >= 15 is 0 Å². The largest absolute Gasteiger partial charge is 0.399 e. The van der Waals surface area contributed by atoms with E-state index in [1.807, 2.05) is 12.1 Å². The summed E-state index contributed by atoms with van der Waals surface area (Å²) in [6.07, 6.45) is 5.04. The zero-order valence-electron chi connectivity index (χ0n) is 9.82. The predicted molar refractivity (Wildman–Crippen MR) is 67.3 cm³/mol. The van der Waals surface area contributed by atoms with Gasteiger partial charge in [-0.2, -0.15) is 0 Å². The Morgan fingerprint density at radius 1 is 1.06 bits per heavy atom. The maximum atomic E-state index is 5.70. The minimum Gasteiger partial charge on any atom is -0.399 e. The summed E-state index contributed by atoms with van der Waals surface area (Å²) in [4.78, 5) is 0.